The minimum Gasteiger partial charge on any atom is -0.511 e. The second-order valence-electron chi connectivity index (χ2n) is 5.38. The van der Waals surface area contributed by atoms with Crippen LogP contribution < -0.4 is 0 Å². The number of ketones is 1. The van der Waals surface area contributed by atoms with Crippen molar-refractivity contribution >= 4 is 18.0 Å². The summed E-state index contributed by atoms with van der Waals surface area (Å²) in [6, 6.07) is 0. The summed E-state index contributed by atoms with van der Waals surface area (Å²) >= 11 is 0. The van der Waals surface area contributed by atoms with Crippen LogP contribution in [0.5, 0.6) is 0 Å². The van der Waals surface area contributed by atoms with Crippen LogP contribution in [0.4, 0.5) is 0 Å². The van der Waals surface area contributed by atoms with Crippen molar-refractivity contribution in [2.75, 3.05) is 13.7 Å². The molecule has 19 heavy (non-hydrogen) atoms. The first kappa shape index (κ1) is 15.4. The van der Waals surface area contributed by atoms with Gasteiger partial charge in [0.2, 0.25) is 0 Å². The number of Topliss-reactive ketones (excluding diaryl/α,β-unsaturated/α-hetero) is 1. The Morgan fingerprint density at radius 1 is 1.58 bits per heavy atom. The molecular formula is C14H21NO4. The number of ether oxygens (including phenoxy) is 1. The van der Waals surface area contributed by atoms with E-state index < -0.39 is 17.3 Å². The number of hydrogen-bond acceptors (Lipinski definition) is 5. The summed E-state index contributed by atoms with van der Waals surface area (Å²) < 4.78 is 4.72. The molecule has 0 amide bonds. The number of allylic oxidation sites excluding steroid dienone is 1. The maximum Gasteiger partial charge on any atom is 0.316 e. The van der Waals surface area contributed by atoms with Gasteiger partial charge in [-0.2, -0.15) is 0 Å². The molecule has 0 aromatic rings. The highest BCUT2D eigenvalue weighted by Gasteiger charge is 2.46. The van der Waals surface area contributed by atoms with Gasteiger partial charge in [-0.15, -0.1) is 0 Å². The van der Waals surface area contributed by atoms with E-state index in [0.717, 1.165) is 6.42 Å². The molecule has 5 heteroatoms. The summed E-state index contributed by atoms with van der Waals surface area (Å²) in [6.07, 6.45) is 2.40. The monoisotopic (exact) mass is 267 g/mol. The summed E-state index contributed by atoms with van der Waals surface area (Å²) in [5, 5.41) is 10.2. The molecule has 0 saturated carbocycles. The third-order valence-corrected chi connectivity index (χ3v) is 3.26. The minimum atomic E-state index is -0.821. The first-order valence-corrected chi connectivity index (χ1v) is 6.39. The predicted octanol–water partition coefficient (Wildman–Crippen LogP) is 2.07. The maximum atomic E-state index is 12.0. The van der Waals surface area contributed by atoms with Crippen LogP contribution in [0.3, 0.4) is 0 Å². The molecule has 0 unspecified atom stereocenters. The van der Waals surface area contributed by atoms with Crippen LogP contribution in [0.25, 0.3) is 0 Å². The van der Waals surface area contributed by atoms with E-state index in [1.165, 1.54) is 13.3 Å². The summed E-state index contributed by atoms with van der Waals surface area (Å²) in [5.74, 6) is -1.77. The molecule has 0 aromatic heterocycles. The Kier molecular flexibility index (Phi) is 4.86. The number of aliphatic hydroxyl groups excluding tert-OH is 1. The van der Waals surface area contributed by atoms with Crippen molar-refractivity contribution in [2.24, 2.45) is 16.3 Å². The number of rotatable bonds is 4. The molecule has 0 bridgehead atoms. The highest BCUT2D eigenvalue weighted by molar-refractivity contribution is 6.15. The molecule has 0 aromatic carbocycles. The molecule has 0 radical (unpaired) electrons. The quantitative estimate of drug-likeness (QED) is 0.625. The lowest BCUT2D eigenvalue weighted by Gasteiger charge is -2.35. The molecule has 5 nitrogen and oxygen atoms in total. The van der Waals surface area contributed by atoms with Crippen molar-refractivity contribution in [3.8, 4) is 0 Å². The highest BCUT2D eigenvalue weighted by atomic mass is 16.5. The van der Waals surface area contributed by atoms with E-state index >= 15 is 0 Å². The van der Waals surface area contributed by atoms with Crippen molar-refractivity contribution in [1.29, 1.82) is 0 Å². The molecule has 0 fully saturated rings. The van der Waals surface area contributed by atoms with Crippen molar-refractivity contribution in [1.82, 2.24) is 0 Å². The highest BCUT2D eigenvalue weighted by Crippen LogP contribution is 2.41. The van der Waals surface area contributed by atoms with Crippen LogP contribution in [0.2, 0.25) is 0 Å². The van der Waals surface area contributed by atoms with Gasteiger partial charge in [0, 0.05) is 19.2 Å². The lowest BCUT2D eigenvalue weighted by atomic mass is 9.68. The van der Waals surface area contributed by atoms with Crippen LogP contribution in [0.15, 0.2) is 16.3 Å². The fourth-order valence-electron chi connectivity index (χ4n) is 2.25. The fourth-order valence-corrected chi connectivity index (χ4v) is 2.25. The largest absolute Gasteiger partial charge is 0.511 e. The molecule has 0 spiro atoms. The van der Waals surface area contributed by atoms with Gasteiger partial charge >= 0.3 is 5.97 Å². The summed E-state index contributed by atoms with van der Waals surface area (Å²) in [7, 11) is 1.27. The van der Waals surface area contributed by atoms with E-state index in [4.69, 9.17) is 4.74 Å². The van der Waals surface area contributed by atoms with Crippen molar-refractivity contribution in [2.45, 2.75) is 33.6 Å². The number of carbonyl (C=O) groups is 2. The molecule has 1 aliphatic rings. The average Bonchev–Trinajstić information content (AvgIpc) is 2.31. The van der Waals surface area contributed by atoms with Gasteiger partial charge < -0.3 is 9.84 Å². The Morgan fingerprint density at radius 3 is 2.74 bits per heavy atom. The number of aliphatic hydroxyl groups is 1. The Labute approximate surface area is 113 Å². The van der Waals surface area contributed by atoms with Gasteiger partial charge in [-0.1, -0.05) is 20.8 Å². The van der Waals surface area contributed by atoms with Gasteiger partial charge in [-0.05, 0) is 11.8 Å². The third kappa shape index (κ3) is 3.22. The second kappa shape index (κ2) is 5.99. The molecule has 1 atom stereocenters. The van der Waals surface area contributed by atoms with E-state index in [9.17, 15) is 14.7 Å². The fraction of sp³-hybridized carbons (Fsp3) is 0.643. The summed E-state index contributed by atoms with van der Waals surface area (Å²) in [4.78, 5) is 27.9. The van der Waals surface area contributed by atoms with Gasteiger partial charge in [0.25, 0.3) is 0 Å². The van der Waals surface area contributed by atoms with E-state index in [2.05, 4.69) is 4.99 Å². The van der Waals surface area contributed by atoms with Gasteiger partial charge in [-0.3, -0.25) is 14.6 Å². The maximum absolute atomic E-state index is 12.0. The lowest BCUT2D eigenvalue weighted by Crippen LogP contribution is -2.40. The smallest absolute Gasteiger partial charge is 0.316 e. The number of methoxy groups -OCH3 is 1. The molecule has 0 aliphatic heterocycles. The van der Waals surface area contributed by atoms with E-state index in [1.54, 1.807) is 13.8 Å². The molecule has 0 heterocycles. The SMILES string of the molecule is CCCN=CC1=C(O)[C@H](C(=O)OC)C(C)(C)CC1=O. The molecular weight excluding hydrogens is 246 g/mol. The molecule has 1 rings (SSSR count). The first-order valence-electron chi connectivity index (χ1n) is 6.39. The first-order chi connectivity index (χ1) is 8.85. The second-order valence-corrected chi connectivity index (χ2v) is 5.38. The van der Waals surface area contributed by atoms with Crippen LogP contribution in [0, 0.1) is 11.3 Å². The molecule has 1 aliphatic carbocycles. The Hall–Kier alpha value is -1.65. The van der Waals surface area contributed by atoms with Crippen molar-refractivity contribution < 1.29 is 19.4 Å². The third-order valence-electron chi connectivity index (χ3n) is 3.26. The van der Waals surface area contributed by atoms with Crippen molar-refractivity contribution in [3.63, 3.8) is 0 Å². The zero-order valence-corrected chi connectivity index (χ0v) is 11.9. The Morgan fingerprint density at radius 2 is 2.21 bits per heavy atom. The zero-order chi connectivity index (χ0) is 14.6. The number of nitrogens with zero attached hydrogens (tertiary/aromatic N) is 1. The van der Waals surface area contributed by atoms with E-state index in [0.29, 0.717) is 6.54 Å². The molecule has 0 saturated heterocycles. The average molecular weight is 267 g/mol. The number of hydrogen-bond donors (Lipinski definition) is 1. The summed E-state index contributed by atoms with van der Waals surface area (Å²) in [6.45, 7) is 6.08. The van der Waals surface area contributed by atoms with Gasteiger partial charge in [-0.25, -0.2) is 0 Å². The van der Waals surface area contributed by atoms with E-state index in [-0.39, 0.29) is 23.5 Å². The normalized spacial score (nSPS) is 22.9. The summed E-state index contributed by atoms with van der Waals surface area (Å²) in [5.41, 5.74) is -0.528. The number of esters is 1. The Balaban J connectivity index is 3.19. The van der Waals surface area contributed by atoms with Crippen molar-refractivity contribution in [3.05, 3.63) is 11.3 Å². The molecule has 1 N–H and O–H groups in total. The zero-order valence-electron chi connectivity index (χ0n) is 11.9. The van der Waals surface area contributed by atoms with Crippen LogP contribution in [-0.4, -0.2) is 36.7 Å². The Bertz CT molecular complexity index is 435. The lowest BCUT2D eigenvalue weighted by molar-refractivity contribution is -0.150. The van der Waals surface area contributed by atoms with Gasteiger partial charge in [0.15, 0.2) is 5.78 Å². The van der Waals surface area contributed by atoms with Gasteiger partial charge in [0.1, 0.15) is 11.7 Å². The van der Waals surface area contributed by atoms with Gasteiger partial charge in [0.05, 0.1) is 12.7 Å². The predicted molar refractivity (Wildman–Crippen MR) is 72.2 cm³/mol. The number of carbonyl (C=O) groups excluding carboxylic acids is 2. The molecule has 106 valence electrons. The van der Waals surface area contributed by atoms with Crippen LogP contribution in [0.1, 0.15) is 33.6 Å². The van der Waals surface area contributed by atoms with Crippen LogP contribution in [-0.2, 0) is 14.3 Å². The minimum absolute atomic E-state index is 0.128. The van der Waals surface area contributed by atoms with E-state index in [1.807, 2.05) is 6.92 Å². The number of aliphatic imine (C=N–C) groups is 1. The standard InChI is InChI=1S/C14H21NO4/c1-5-6-15-8-9-10(16)7-14(2,3)11(12(9)17)13(18)19-4/h8,11,17H,5-7H2,1-4H3/t11-/m1/s1. The topological polar surface area (TPSA) is 76.0 Å². The van der Waals surface area contributed by atoms with Crippen LogP contribution >= 0.6 is 0 Å².